The summed E-state index contributed by atoms with van der Waals surface area (Å²) in [5.41, 5.74) is 6.42. The molecule has 0 N–H and O–H groups in total. The molecule has 2 aromatic carbocycles. The van der Waals surface area contributed by atoms with Crippen LogP contribution < -0.4 is 0 Å². The fourth-order valence-corrected chi connectivity index (χ4v) is 7.27. The van der Waals surface area contributed by atoms with Crippen molar-refractivity contribution in [1.29, 1.82) is 0 Å². The second kappa shape index (κ2) is 12.4. The van der Waals surface area contributed by atoms with E-state index in [1.54, 1.807) is 12.1 Å². The number of carbonyl (C=O) groups is 1. The molecular formula is C33H42N2O4. The number of nitro groups is 1. The van der Waals surface area contributed by atoms with E-state index in [1.165, 1.54) is 56.9 Å². The number of hydrogen-bond acceptors (Lipinski definition) is 5. The minimum atomic E-state index is -0.311. The summed E-state index contributed by atoms with van der Waals surface area (Å²) in [7, 11) is 0. The summed E-state index contributed by atoms with van der Waals surface area (Å²) < 4.78 is 0. The fourth-order valence-electron chi connectivity index (χ4n) is 7.27. The lowest BCUT2D eigenvalue weighted by Gasteiger charge is -2.20. The Bertz CT molecular complexity index is 1220. The average molecular weight is 531 g/mol. The molecule has 0 amide bonds. The molecule has 6 nitrogen and oxygen atoms in total. The molecule has 0 heterocycles. The molecule has 2 saturated carbocycles. The molecule has 3 aliphatic rings. The molecule has 3 aliphatic carbocycles. The molecule has 39 heavy (non-hydrogen) atoms. The van der Waals surface area contributed by atoms with E-state index in [9.17, 15) is 14.9 Å². The Hall–Kier alpha value is -3.02. The minimum Gasteiger partial charge on any atom is -0.318 e. The van der Waals surface area contributed by atoms with Crippen LogP contribution in [0.4, 0.5) is 5.69 Å². The summed E-state index contributed by atoms with van der Waals surface area (Å²) in [6.45, 7) is 4.36. The van der Waals surface area contributed by atoms with Gasteiger partial charge < -0.3 is 4.84 Å². The van der Waals surface area contributed by atoms with Crippen molar-refractivity contribution in [3.05, 3.63) is 63.2 Å². The zero-order valence-electron chi connectivity index (χ0n) is 23.5. The summed E-state index contributed by atoms with van der Waals surface area (Å²) in [5, 5.41) is 16.0. The number of fused-ring (bicyclic) bond motifs is 3. The molecule has 0 saturated heterocycles. The first kappa shape index (κ1) is 27.5. The van der Waals surface area contributed by atoms with Crippen molar-refractivity contribution < 1.29 is 14.6 Å². The Morgan fingerprint density at radius 1 is 0.974 bits per heavy atom. The topological polar surface area (TPSA) is 81.8 Å². The van der Waals surface area contributed by atoms with Crippen LogP contribution in [0, 0.1) is 27.9 Å². The van der Waals surface area contributed by atoms with E-state index in [0.29, 0.717) is 18.3 Å². The number of nitrogens with zero attached hydrogens (tertiary/aromatic N) is 2. The quantitative estimate of drug-likeness (QED) is 0.126. The van der Waals surface area contributed by atoms with Gasteiger partial charge in [0.05, 0.1) is 10.6 Å². The van der Waals surface area contributed by atoms with Gasteiger partial charge >= 0.3 is 5.97 Å². The molecule has 2 aromatic rings. The first-order valence-electron chi connectivity index (χ1n) is 15.1. The number of benzene rings is 2. The van der Waals surface area contributed by atoms with E-state index in [1.807, 2.05) is 6.07 Å². The monoisotopic (exact) mass is 530 g/mol. The van der Waals surface area contributed by atoms with E-state index >= 15 is 0 Å². The van der Waals surface area contributed by atoms with Crippen LogP contribution in [0.2, 0.25) is 0 Å². The smallest absolute Gasteiger partial charge is 0.318 e. The van der Waals surface area contributed by atoms with E-state index in [0.717, 1.165) is 53.6 Å². The van der Waals surface area contributed by atoms with Gasteiger partial charge in [-0.1, -0.05) is 88.9 Å². The highest BCUT2D eigenvalue weighted by molar-refractivity contribution is 6.03. The first-order valence-corrected chi connectivity index (χ1v) is 15.1. The van der Waals surface area contributed by atoms with Crippen molar-refractivity contribution in [3.63, 3.8) is 0 Å². The summed E-state index contributed by atoms with van der Waals surface area (Å²) in [4.78, 5) is 29.4. The molecule has 208 valence electrons. The van der Waals surface area contributed by atoms with E-state index < -0.39 is 0 Å². The number of nitro benzene ring substituents is 1. The standard InChI is InChI=1S/C33H42N2O4/c1-3-8-27-30-20-25(14-16-28(30)29-17-15-26(35(37)38)21-31(27)29)33(22(2)19-24-11-6-7-12-24)34-39-32(36)18-13-23-9-4-5-10-23/h14-17,20-24,27H,3-13,18-19H2,1-2H3/b34-33-. The molecule has 2 fully saturated rings. The van der Waals surface area contributed by atoms with Crippen LogP contribution in [0.15, 0.2) is 41.6 Å². The van der Waals surface area contributed by atoms with E-state index in [4.69, 9.17) is 4.84 Å². The van der Waals surface area contributed by atoms with Crippen LogP contribution in [-0.4, -0.2) is 16.6 Å². The van der Waals surface area contributed by atoms with Gasteiger partial charge in [-0.15, -0.1) is 0 Å². The molecule has 0 spiro atoms. The van der Waals surface area contributed by atoms with Gasteiger partial charge in [0.2, 0.25) is 0 Å². The Labute approximate surface area is 232 Å². The fraction of sp³-hybridized carbons (Fsp3) is 0.576. The summed E-state index contributed by atoms with van der Waals surface area (Å²) in [6, 6.07) is 11.7. The van der Waals surface area contributed by atoms with Crippen LogP contribution in [-0.2, 0) is 9.63 Å². The Kier molecular flexibility index (Phi) is 8.79. The molecule has 2 atom stereocenters. The van der Waals surface area contributed by atoms with Gasteiger partial charge in [-0.3, -0.25) is 10.1 Å². The SMILES string of the molecule is CCCC1c2cc(/C(=N\OC(=O)CCC3CCCC3)C(C)CC3CCCC3)ccc2-c2ccc([N+](=O)[O-])cc21. The molecular weight excluding hydrogens is 488 g/mol. The van der Waals surface area contributed by atoms with Crippen LogP contribution >= 0.6 is 0 Å². The summed E-state index contributed by atoms with van der Waals surface area (Å²) in [6.07, 6.45) is 14.4. The molecule has 0 aliphatic heterocycles. The van der Waals surface area contributed by atoms with Crippen LogP contribution in [0.3, 0.4) is 0 Å². The number of rotatable bonds is 11. The second-order valence-corrected chi connectivity index (χ2v) is 12.1. The molecule has 0 radical (unpaired) electrons. The third-order valence-electron chi connectivity index (χ3n) is 9.32. The maximum Gasteiger partial charge on any atom is 0.335 e. The second-order valence-electron chi connectivity index (χ2n) is 12.1. The summed E-state index contributed by atoms with van der Waals surface area (Å²) >= 11 is 0. The number of oxime groups is 1. The minimum absolute atomic E-state index is 0.111. The van der Waals surface area contributed by atoms with Gasteiger partial charge in [0.25, 0.3) is 5.69 Å². The molecule has 0 aromatic heterocycles. The van der Waals surface area contributed by atoms with Gasteiger partial charge in [-0.05, 0) is 71.0 Å². The highest BCUT2D eigenvalue weighted by Gasteiger charge is 2.31. The first-order chi connectivity index (χ1) is 18.9. The van der Waals surface area contributed by atoms with Crippen molar-refractivity contribution in [1.82, 2.24) is 0 Å². The number of hydrogen-bond donors (Lipinski definition) is 0. The zero-order valence-corrected chi connectivity index (χ0v) is 23.5. The van der Waals surface area contributed by atoms with Crippen LogP contribution in [0.5, 0.6) is 0 Å². The lowest BCUT2D eigenvalue weighted by Crippen LogP contribution is -2.18. The normalized spacial score (nSPS) is 20.2. The van der Waals surface area contributed by atoms with E-state index in [-0.39, 0.29) is 28.4 Å². The van der Waals surface area contributed by atoms with Gasteiger partial charge in [0, 0.05) is 30.4 Å². The lowest BCUT2D eigenvalue weighted by atomic mass is 9.86. The zero-order chi connectivity index (χ0) is 27.4. The van der Waals surface area contributed by atoms with Crippen molar-refractivity contribution in [2.45, 2.75) is 103 Å². The van der Waals surface area contributed by atoms with Gasteiger partial charge in [-0.2, -0.15) is 0 Å². The van der Waals surface area contributed by atoms with Crippen molar-refractivity contribution in [2.24, 2.45) is 22.9 Å². The molecule has 5 rings (SSSR count). The highest BCUT2D eigenvalue weighted by atomic mass is 16.7. The maximum atomic E-state index is 12.7. The van der Waals surface area contributed by atoms with Crippen molar-refractivity contribution in [2.75, 3.05) is 0 Å². The molecule has 2 unspecified atom stereocenters. The van der Waals surface area contributed by atoms with Gasteiger partial charge in [0.15, 0.2) is 0 Å². The Morgan fingerprint density at radius 2 is 1.62 bits per heavy atom. The van der Waals surface area contributed by atoms with Gasteiger partial charge in [-0.25, -0.2) is 4.79 Å². The van der Waals surface area contributed by atoms with Crippen molar-refractivity contribution >= 4 is 17.4 Å². The van der Waals surface area contributed by atoms with Crippen LogP contribution in [0.25, 0.3) is 11.1 Å². The third-order valence-corrected chi connectivity index (χ3v) is 9.32. The molecule has 6 heteroatoms. The largest absolute Gasteiger partial charge is 0.335 e. The number of non-ortho nitro benzene ring substituents is 1. The Balaban J connectivity index is 1.42. The molecule has 0 bridgehead atoms. The van der Waals surface area contributed by atoms with Crippen LogP contribution in [0.1, 0.15) is 120 Å². The van der Waals surface area contributed by atoms with E-state index in [2.05, 4.69) is 37.2 Å². The Morgan fingerprint density at radius 3 is 2.28 bits per heavy atom. The van der Waals surface area contributed by atoms with Crippen molar-refractivity contribution in [3.8, 4) is 11.1 Å². The highest BCUT2D eigenvalue weighted by Crippen LogP contribution is 2.48. The summed E-state index contributed by atoms with van der Waals surface area (Å²) in [5.74, 6) is 1.38. The third kappa shape index (κ3) is 6.26. The van der Waals surface area contributed by atoms with Gasteiger partial charge in [0.1, 0.15) is 0 Å². The lowest BCUT2D eigenvalue weighted by molar-refractivity contribution is -0.384. The predicted octanol–water partition coefficient (Wildman–Crippen LogP) is 8.94. The predicted molar refractivity (Wildman–Crippen MR) is 155 cm³/mol. The number of carbonyl (C=O) groups excluding carboxylic acids is 1. The average Bonchev–Trinajstić information content (AvgIpc) is 3.69. The maximum absolute atomic E-state index is 12.7.